The van der Waals surface area contributed by atoms with E-state index in [0.717, 1.165) is 45.4 Å². The maximum absolute atomic E-state index is 12.7. The van der Waals surface area contributed by atoms with Crippen molar-refractivity contribution in [1.29, 1.82) is 0 Å². The minimum absolute atomic E-state index is 0.205. The fourth-order valence-electron chi connectivity index (χ4n) is 3.64. The molecule has 116 valence electrons. The van der Waals surface area contributed by atoms with Gasteiger partial charge in [-0.25, -0.2) is 0 Å². The third-order valence-electron chi connectivity index (χ3n) is 5.07. The molecule has 0 radical (unpaired) electrons. The molecule has 1 saturated heterocycles. The molecule has 0 spiro atoms. The third-order valence-corrected chi connectivity index (χ3v) is 5.07. The first-order valence-corrected chi connectivity index (χ1v) is 8.08. The molecular formula is C16H31N3O. The largest absolute Gasteiger partial charge is 0.340 e. The summed E-state index contributed by atoms with van der Waals surface area (Å²) < 4.78 is 0. The van der Waals surface area contributed by atoms with E-state index >= 15 is 0 Å². The minimum Gasteiger partial charge on any atom is -0.340 e. The van der Waals surface area contributed by atoms with Gasteiger partial charge in [0.25, 0.3) is 0 Å². The standard InChI is InChI=1S/C16H31N3O/c1-12-11-13(17)5-6-14(12)15(20)18-7-9-19(10-8-18)16(2,3)4/h12-14H,5-11,17H2,1-4H3. The quantitative estimate of drug-likeness (QED) is 0.796. The van der Waals surface area contributed by atoms with Crippen molar-refractivity contribution in [2.75, 3.05) is 26.2 Å². The second kappa shape index (κ2) is 6.02. The van der Waals surface area contributed by atoms with Gasteiger partial charge in [-0.05, 0) is 46.0 Å². The number of piperazine rings is 1. The number of nitrogens with zero attached hydrogens (tertiary/aromatic N) is 2. The molecule has 0 aromatic rings. The zero-order chi connectivity index (χ0) is 14.9. The third kappa shape index (κ3) is 3.53. The summed E-state index contributed by atoms with van der Waals surface area (Å²) in [5, 5.41) is 0. The van der Waals surface area contributed by atoms with Crippen LogP contribution in [0, 0.1) is 11.8 Å². The van der Waals surface area contributed by atoms with Gasteiger partial charge in [0.1, 0.15) is 0 Å². The van der Waals surface area contributed by atoms with Crippen LogP contribution in [0.15, 0.2) is 0 Å². The average Bonchev–Trinajstić information content (AvgIpc) is 2.37. The second-order valence-corrected chi connectivity index (χ2v) is 7.64. The summed E-state index contributed by atoms with van der Waals surface area (Å²) in [6.07, 6.45) is 2.97. The zero-order valence-electron chi connectivity index (χ0n) is 13.6. The van der Waals surface area contributed by atoms with Crippen LogP contribution in [0.5, 0.6) is 0 Å². The maximum atomic E-state index is 12.7. The van der Waals surface area contributed by atoms with E-state index in [9.17, 15) is 4.79 Å². The number of rotatable bonds is 1. The number of amides is 1. The Balaban J connectivity index is 1.89. The van der Waals surface area contributed by atoms with Gasteiger partial charge in [0, 0.05) is 43.7 Å². The summed E-state index contributed by atoms with van der Waals surface area (Å²) in [5.74, 6) is 1.01. The molecule has 1 saturated carbocycles. The molecule has 1 amide bonds. The number of nitrogens with two attached hydrogens (primary N) is 1. The van der Waals surface area contributed by atoms with Crippen LogP contribution in [0.1, 0.15) is 47.0 Å². The molecule has 1 aliphatic heterocycles. The van der Waals surface area contributed by atoms with Gasteiger partial charge in [-0.3, -0.25) is 9.69 Å². The molecule has 4 nitrogen and oxygen atoms in total. The van der Waals surface area contributed by atoms with Crippen LogP contribution in [0.2, 0.25) is 0 Å². The Morgan fingerprint density at radius 1 is 1.10 bits per heavy atom. The lowest BCUT2D eigenvalue weighted by Crippen LogP contribution is -2.56. The Labute approximate surface area is 123 Å². The highest BCUT2D eigenvalue weighted by molar-refractivity contribution is 5.79. The van der Waals surface area contributed by atoms with Gasteiger partial charge in [0.2, 0.25) is 5.91 Å². The average molecular weight is 281 g/mol. The predicted octanol–water partition coefficient (Wildman–Crippen LogP) is 1.69. The van der Waals surface area contributed by atoms with Crippen molar-refractivity contribution >= 4 is 5.91 Å². The summed E-state index contributed by atoms with van der Waals surface area (Å²) in [5.41, 5.74) is 6.21. The molecule has 4 heteroatoms. The van der Waals surface area contributed by atoms with Gasteiger partial charge in [0.05, 0.1) is 0 Å². The van der Waals surface area contributed by atoms with Crippen molar-refractivity contribution < 1.29 is 4.79 Å². The predicted molar refractivity (Wildman–Crippen MR) is 82.4 cm³/mol. The van der Waals surface area contributed by atoms with Crippen LogP contribution in [0.4, 0.5) is 0 Å². The Morgan fingerprint density at radius 3 is 2.20 bits per heavy atom. The molecular weight excluding hydrogens is 250 g/mol. The Hall–Kier alpha value is -0.610. The smallest absolute Gasteiger partial charge is 0.226 e. The summed E-state index contributed by atoms with van der Waals surface area (Å²) in [7, 11) is 0. The van der Waals surface area contributed by atoms with Gasteiger partial charge < -0.3 is 10.6 Å². The SMILES string of the molecule is CC1CC(N)CCC1C(=O)N1CCN(C(C)(C)C)CC1. The summed E-state index contributed by atoms with van der Waals surface area (Å²) in [6, 6.07) is 0.298. The van der Waals surface area contributed by atoms with Crippen LogP contribution in [0.25, 0.3) is 0 Å². The summed E-state index contributed by atoms with van der Waals surface area (Å²) in [4.78, 5) is 17.2. The highest BCUT2D eigenvalue weighted by Gasteiger charge is 2.35. The van der Waals surface area contributed by atoms with Crippen LogP contribution in [-0.2, 0) is 4.79 Å². The van der Waals surface area contributed by atoms with E-state index in [1.54, 1.807) is 0 Å². The number of carbonyl (C=O) groups excluding carboxylic acids is 1. The minimum atomic E-state index is 0.205. The molecule has 1 heterocycles. The zero-order valence-corrected chi connectivity index (χ0v) is 13.6. The second-order valence-electron chi connectivity index (χ2n) is 7.64. The topological polar surface area (TPSA) is 49.6 Å². The van der Waals surface area contributed by atoms with E-state index in [2.05, 4.69) is 37.5 Å². The fraction of sp³-hybridized carbons (Fsp3) is 0.938. The maximum Gasteiger partial charge on any atom is 0.226 e. The molecule has 3 atom stereocenters. The number of hydrogen-bond donors (Lipinski definition) is 1. The van der Waals surface area contributed by atoms with Crippen LogP contribution >= 0.6 is 0 Å². The van der Waals surface area contributed by atoms with E-state index in [4.69, 9.17) is 5.73 Å². The van der Waals surface area contributed by atoms with Gasteiger partial charge >= 0.3 is 0 Å². The Morgan fingerprint density at radius 2 is 1.70 bits per heavy atom. The molecule has 0 bridgehead atoms. The van der Waals surface area contributed by atoms with Crippen LogP contribution < -0.4 is 5.73 Å². The molecule has 0 aromatic heterocycles. The van der Waals surface area contributed by atoms with Crippen molar-refractivity contribution in [3.05, 3.63) is 0 Å². The van der Waals surface area contributed by atoms with E-state index in [1.807, 2.05) is 0 Å². The molecule has 2 N–H and O–H groups in total. The molecule has 2 aliphatic rings. The van der Waals surface area contributed by atoms with Crippen molar-refractivity contribution in [2.45, 2.75) is 58.5 Å². The van der Waals surface area contributed by atoms with Crippen LogP contribution in [0.3, 0.4) is 0 Å². The molecule has 2 rings (SSSR count). The van der Waals surface area contributed by atoms with E-state index in [0.29, 0.717) is 17.9 Å². The lowest BCUT2D eigenvalue weighted by molar-refractivity contribution is -0.141. The molecule has 1 aliphatic carbocycles. The van der Waals surface area contributed by atoms with Gasteiger partial charge in [-0.15, -0.1) is 0 Å². The van der Waals surface area contributed by atoms with Crippen molar-refractivity contribution in [3.8, 4) is 0 Å². The highest BCUT2D eigenvalue weighted by Crippen LogP contribution is 2.31. The van der Waals surface area contributed by atoms with Gasteiger partial charge in [-0.1, -0.05) is 6.92 Å². The van der Waals surface area contributed by atoms with E-state index in [1.165, 1.54) is 0 Å². The highest BCUT2D eigenvalue weighted by atomic mass is 16.2. The first kappa shape index (κ1) is 15.8. The molecule has 20 heavy (non-hydrogen) atoms. The lowest BCUT2D eigenvalue weighted by Gasteiger charge is -2.44. The van der Waals surface area contributed by atoms with Gasteiger partial charge in [0.15, 0.2) is 0 Å². The molecule has 0 aromatic carbocycles. The summed E-state index contributed by atoms with van der Waals surface area (Å²) >= 11 is 0. The fourth-order valence-corrected chi connectivity index (χ4v) is 3.64. The first-order chi connectivity index (χ1) is 9.29. The monoisotopic (exact) mass is 281 g/mol. The molecule has 2 fully saturated rings. The Kier molecular flexibility index (Phi) is 4.75. The normalized spacial score (nSPS) is 33.2. The molecule has 3 unspecified atom stereocenters. The van der Waals surface area contributed by atoms with Crippen LogP contribution in [-0.4, -0.2) is 53.5 Å². The number of hydrogen-bond acceptors (Lipinski definition) is 3. The lowest BCUT2D eigenvalue weighted by atomic mass is 9.77. The first-order valence-electron chi connectivity index (χ1n) is 8.08. The summed E-state index contributed by atoms with van der Waals surface area (Å²) in [6.45, 7) is 12.7. The van der Waals surface area contributed by atoms with Crippen molar-refractivity contribution in [3.63, 3.8) is 0 Å². The van der Waals surface area contributed by atoms with E-state index in [-0.39, 0.29) is 11.5 Å². The number of carbonyl (C=O) groups is 1. The van der Waals surface area contributed by atoms with Gasteiger partial charge in [-0.2, -0.15) is 0 Å². The van der Waals surface area contributed by atoms with Crippen molar-refractivity contribution in [2.24, 2.45) is 17.6 Å². The van der Waals surface area contributed by atoms with Crippen molar-refractivity contribution in [1.82, 2.24) is 9.80 Å². The Bertz CT molecular complexity index is 342. The van der Waals surface area contributed by atoms with E-state index < -0.39 is 0 Å².